The first-order valence-electron chi connectivity index (χ1n) is 7.41. The normalized spacial score (nSPS) is 12.3. The standard InChI is InChI=1S/C18H18N2O2S/c1-12-7-3-4-8-13(12)15(22-2)11-19-17(21)18-20-14-9-5-6-10-16(14)23-18/h3-10,15H,11H2,1-2H3,(H,19,21). The molecule has 118 valence electrons. The van der Waals surface area contributed by atoms with Crippen LogP contribution in [-0.2, 0) is 4.74 Å². The number of amides is 1. The maximum atomic E-state index is 12.3. The molecule has 0 saturated heterocycles. The molecule has 1 atom stereocenters. The lowest BCUT2D eigenvalue weighted by atomic mass is 10.0. The van der Waals surface area contributed by atoms with E-state index in [-0.39, 0.29) is 12.0 Å². The number of thiazole rings is 1. The number of carbonyl (C=O) groups excluding carboxylic acids is 1. The number of ether oxygens (including phenoxy) is 1. The molecule has 5 heteroatoms. The maximum absolute atomic E-state index is 12.3. The second-order valence-electron chi connectivity index (χ2n) is 5.28. The monoisotopic (exact) mass is 326 g/mol. The van der Waals surface area contributed by atoms with E-state index in [1.165, 1.54) is 11.3 Å². The van der Waals surface area contributed by atoms with Gasteiger partial charge in [0.1, 0.15) is 0 Å². The van der Waals surface area contributed by atoms with Crippen LogP contribution >= 0.6 is 11.3 Å². The number of nitrogens with zero attached hydrogens (tertiary/aromatic N) is 1. The number of nitrogens with one attached hydrogen (secondary N) is 1. The zero-order valence-corrected chi connectivity index (χ0v) is 13.9. The van der Waals surface area contributed by atoms with Gasteiger partial charge in [0.2, 0.25) is 0 Å². The van der Waals surface area contributed by atoms with Gasteiger partial charge in [0, 0.05) is 13.7 Å². The topological polar surface area (TPSA) is 51.2 Å². The van der Waals surface area contributed by atoms with Crippen LogP contribution in [0.3, 0.4) is 0 Å². The van der Waals surface area contributed by atoms with Crippen LogP contribution in [0.5, 0.6) is 0 Å². The number of rotatable bonds is 5. The van der Waals surface area contributed by atoms with Gasteiger partial charge < -0.3 is 10.1 Å². The van der Waals surface area contributed by atoms with Crippen molar-refractivity contribution in [1.82, 2.24) is 10.3 Å². The van der Waals surface area contributed by atoms with E-state index in [1.54, 1.807) is 7.11 Å². The summed E-state index contributed by atoms with van der Waals surface area (Å²) in [4.78, 5) is 16.7. The van der Waals surface area contributed by atoms with Crippen LogP contribution in [0, 0.1) is 6.92 Å². The van der Waals surface area contributed by atoms with Crippen LogP contribution in [0.15, 0.2) is 48.5 Å². The molecular formula is C18H18N2O2S. The number of hydrogen-bond acceptors (Lipinski definition) is 4. The first-order valence-corrected chi connectivity index (χ1v) is 8.23. The molecule has 23 heavy (non-hydrogen) atoms. The molecule has 0 aliphatic carbocycles. The van der Waals surface area contributed by atoms with E-state index in [9.17, 15) is 4.79 Å². The van der Waals surface area contributed by atoms with Gasteiger partial charge in [-0.15, -0.1) is 11.3 Å². The minimum absolute atomic E-state index is 0.165. The summed E-state index contributed by atoms with van der Waals surface area (Å²) in [5.74, 6) is -0.165. The molecule has 0 aliphatic heterocycles. The largest absolute Gasteiger partial charge is 0.375 e. The number of carbonyl (C=O) groups is 1. The lowest BCUT2D eigenvalue weighted by Crippen LogP contribution is -2.29. The lowest BCUT2D eigenvalue weighted by molar-refractivity contribution is 0.0826. The fraction of sp³-hybridized carbons (Fsp3) is 0.222. The van der Waals surface area contributed by atoms with Gasteiger partial charge in [0.25, 0.3) is 5.91 Å². The molecule has 3 rings (SSSR count). The number of benzene rings is 2. The van der Waals surface area contributed by atoms with E-state index in [4.69, 9.17) is 4.74 Å². The minimum Gasteiger partial charge on any atom is -0.375 e. The van der Waals surface area contributed by atoms with Crippen LogP contribution in [0.1, 0.15) is 27.0 Å². The van der Waals surface area contributed by atoms with Gasteiger partial charge in [-0.1, -0.05) is 36.4 Å². The third-order valence-corrected chi connectivity index (χ3v) is 4.79. The highest BCUT2D eigenvalue weighted by atomic mass is 32.1. The highest BCUT2D eigenvalue weighted by Gasteiger charge is 2.16. The third-order valence-electron chi connectivity index (χ3n) is 3.76. The van der Waals surface area contributed by atoms with Crippen molar-refractivity contribution >= 4 is 27.5 Å². The summed E-state index contributed by atoms with van der Waals surface area (Å²) in [6.45, 7) is 2.45. The summed E-state index contributed by atoms with van der Waals surface area (Å²) in [5, 5.41) is 3.40. The Kier molecular flexibility index (Phi) is 4.69. The minimum atomic E-state index is -0.172. The van der Waals surface area contributed by atoms with Crippen molar-refractivity contribution in [2.45, 2.75) is 13.0 Å². The Labute approximate surface area is 139 Å². The molecule has 0 saturated carbocycles. The quantitative estimate of drug-likeness (QED) is 0.777. The van der Waals surface area contributed by atoms with Gasteiger partial charge >= 0.3 is 0 Å². The average molecular weight is 326 g/mol. The highest BCUT2D eigenvalue weighted by Crippen LogP contribution is 2.22. The summed E-state index contributed by atoms with van der Waals surface area (Å²) in [6, 6.07) is 15.8. The summed E-state index contributed by atoms with van der Waals surface area (Å²) in [5.41, 5.74) is 3.08. The number of aromatic nitrogens is 1. The van der Waals surface area contributed by atoms with Gasteiger partial charge in [0.15, 0.2) is 5.01 Å². The molecule has 0 spiro atoms. The zero-order valence-electron chi connectivity index (χ0n) is 13.1. The van der Waals surface area contributed by atoms with Crippen molar-refractivity contribution in [3.05, 3.63) is 64.7 Å². The Morgan fingerprint density at radius 2 is 1.96 bits per heavy atom. The Morgan fingerprint density at radius 1 is 1.22 bits per heavy atom. The smallest absolute Gasteiger partial charge is 0.280 e. The zero-order chi connectivity index (χ0) is 16.2. The van der Waals surface area contributed by atoms with Crippen molar-refractivity contribution in [1.29, 1.82) is 0 Å². The Morgan fingerprint density at radius 3 is 2.70 bits per heavy atom. The molecule has 4 nitrogen and oxygen atoms in total. The predicted molar refractivity (Wildman–Crippen MR) is 92.9 cm³/mol. The summed E-state index contributed by atoms with van der Waals surface area (Å²) in [6.07, 6.45) is -0.172. The van der Waals surface area contributed by atoms with E-state index in [0.717, 1.165) is 21.3 Å². The number of para-hydroxylation sites is 1. The molecule has 0 bridgehead atoms. The van der Waals surface area contributed by atoms with Crippen molar-refractivity contribution in [3.63, 3.8) is 0 Å². The first-order chi connectivity index (χ1) is 11.2. The maximum Gasteiger partial charge on any atom is 0.280 e. The fourth-order valence-corrected chi connectivity index (χ4v) is 3.38. The molecule has 2 aromatic carbocycles. The Balaban J connectivity index is 1.71. The first kappa shape index (κ1) is 15.6. The molecule has 1 N–H and O–H groups in total. The average Bonchev–Trinajstić information content (AvgIpc) is 3.01. The number of aryl methyl sites for hydroxylation is 1. The molecule has 0 fully saturated rings. The number of hydrogen-bond donors (Lipinski definition) is 1. The summed E-state index contributed by atoms with van der Waals surface area (Å²) >= 11 is 1.40. The Hall–Kier alpha value is -2.24. The van der Waals surface area contributed by atoms with Crippen LogP contribution in [-0.4, -0.2) is 24.5 Å². The highest BCUT2D eigenvalue weighted by molar-refractivity contribution is 7.20. The van der Waals surface area contributed by atoms with Crippen LogP contribution in [0.4, 0.5) is 0 Å². The van der Waals surface area contributed by atoms with Crippen LogP contribution in [0.2, 0.25) is 0 Å². The van der Waals surface area contributed by atoms with Gasteiger partial charge in [-0.25, -0.2) is 4.98 Å². The molecule has 1 unspecified atom stereocenters. The van der Waals surface area contributed by atoms with Gasteiger partial charge in [-0.05, 0) is 30.2 Å². The van der Waals surface area contributed by atoms with Crippen LogP contribution < -0.4 is 5.32 Å². The van der Waals surface area contributed by atoms with E-state index < -0.39 is 0 Å². The van der Waals surface area contributed by atoms with E-state index >= 15 is 0 Å². The summed E-state index contributed by atoms with van der Waals surface area (Å²) < 4.78 is 6.54. The Bertz CT molecular complexity index is 796. The third kappa shape index (κ3) is 3.41. The van der Waals surface area contributed by atoms with E-state index in [0.29, 0.717) is 11.6 Å². The van der Waals surface area contributed by atoms with Gasteiger partial charge in [-0.2, -0.15) is 0 Å². The fourth-order valence-electron chi connectivity index (χ4n) is 2.50. The number of methoxy groups -OCH3 is 1. The molecule has 3 aromatic rings. The number of fused-ring (bicyclic) bond motifs is 1. The van der Waals surface area contributed by atoms with Crippen LogP contribution in [0.25, 0.3) is 10.2 Å². The summed E-state index contributed by atoms with van der Waals surface area (Å²) in [7, 11) is 1.65. The van der Waals surface area contributed by atoms with Gasteiger partial charge in [-0.3, -0.25) is 4.79 Å². The molecule has 1 amide bonds. The lowest BCUT2D eigenvalue weighted by Gasteiger charge is -2.18. The van der Waals surface area contributed by atoms with Crippen molar-refractivity contribution in [3.8, 4) is 0 Å². The van der Waals surface area contributed by atoms with Crippen molar-refractivity contribution in [2.75, 3.05) is 13.7 Å². The molecular weight excluding hydrogens is 308 g/mol. The molecule has 0 radical (unpaired) electrons. The molecule has 1 aromatic heterocycles. The molecule has 1 heterocycles. The molecule has 0 aliphatic rings. The predicted octanol–water partition coefficient (Wildman–Crippen LogP) is 3.72. The van der Waals surface area contributed by atoms with Crippen molar-refractivity contribution < 1.29 is 9.53 Å². The van der Waals surface area contributed by atoms with E-state index in [2.05, 4.69) is 10.3 Å². The SMILES string of the molecule is COC(CNC(=O)c1nc2ccccc2s1)c1ccccc1C. The van der Waals surface area contributed by atoms with E-state index in [1.807, 2.05) is 55.5 Å². The van der Waals surface area contributed by atoms with Gasteiger partial charge in [0.05, 0.1) is 16.3 Å². The second kappa shape index (κ2) is 6.89. The second-order valence-corrected chi connectivity index (χ2v) is 6.31. The van der Waals surface area contributed by atoms with Crippen molar-refractivity contribution in [2.24, 2.45) is 0 Å².